The molecule has 2 N–H and O–H groups in total. The quantitative estimate of drug-likeness (QED) is 0.517. The van der Waals surface area contributed by atoms with Crippen LogP contribution in [0.3, 0.4) is 0 Å². The van der Waals surface area contributed by atoms with Gasteiger partial charge in [-0.25, -0.2) is 9.97 Å². The van der Waals surface area contributed by atoms with Crippen LogP contribution in [0, 0.1) is 10.5 Å². The molecule has 0 amide bonds. The maximum absolute atomic E-state index is 5.70. The number of hydrogen-bond donors (Lipinski definition) is 1. The van der Waals surface area contributed by atoms with Crippen LogP contribution in [0.25, 0.3) is 0 Å². The number of nitrogens with two attached hydrogens (primary N) is 1. The number of aryl methyl sites for hydroxylation is 1. The van der Waals surface area contributed by atoms with E-state index in [4.69, 9.17) is 5.73 Å². The fraction of sp³-hybridized carbons (Fsp3) is 0.0909. The Morgan fingerprint density at radius 2 is 2.12 bits per heavy atom. The lowest BCUT2D eigenvalue weighted by Gasteiger charge is -2.04. The van der Waals surface area contributed by atoms with Crippen molar-refractivity contribution in [2.75, 3.05) is 5.73 Å². The highest BCUT2D eigenvalue weighted by atomic mass is 127. The molecule has 5 heteroatoms. The van der Waals surface area contributed by atoms with Crippen molar-refractivity contribution in [1.29, 1.82) is 0 Å². The molecule has 0 unspecified atom stereocenters. The molecule has 0 aliphatic carbocycles. The monoisotopic (exact) mass is 343 g/mol. The van der Waals surface area contributed by atoms with Gasteiger partial charge in [0.05, 0.1) is 0 Å². The number of aromatic nitrogens is 2. The van der Waals surface area contributed by atoms with E-state index in [0.717, 1.165) is 25.0 Å². The van der Waals surface area contributed by atoms with E-state index in [1.807, 2.05) is 31.2 Å². The van der Waals surface area contributed by atoms with Gasteiger partial charge in [-0.1, -0.05) is 0 Å². The van der Waals surface area contributed by atoms with Gasteiger partial charge in [-0.05, 0) is 65.5 Å². The normalized spacial score (nSPS) is 10.4. The van der Waals surface area contributed by atoms with Gasteiger partial charge < -0.3 is 5.73 Å². The van der Waals surface area contributed by atoms with Crippen LogP contribution in [0.15, 0.2) is 40.5 Å². The molecular weight excluding hydrogens is 333 g/mol. The molecule has 1 heterocycles. The van der Waals surface area contributed by atoms with Gasteiger partial charge >= 0.3 is 0 Å². The number of nitrogen functional groups attached to an aromatic ring is 1. The van der Waals surface area contributed by atoms with Crippen LogP contribution < -0.4 is 5.73 Å². The van der Waals surface area contributed by atoms with Crippen molar-refractivity contribution in [3.05, 3.63) is 39.7 Å². The van der Waals surface area contributed by atoms with Crippen LogP contribution in [0.4, 0.5) is 5.69 Å². The minimum atomic E-state index is 0.766. The second-order valence-corrected chi connectivity index (χ2v) is 5.44. The number of hydrogen-bond acceptors (Lipinski definition) is 4. The van der Waals surface area contributed by atoms with Gasteiger partial charge in [-0.3, -0.25) is 0 Å². The van der Waals surface area contributed by atoms with Gasteiger partial charge in [-0.2, -0.15) is 0 Å². The molecule has 0 radical (unpaired) electrons. The molecule has 16 heavy (non-hydrogen) atoms. The number of nitrogens with zero attached hydrogens (tertiary/aromatic N) is 2. The smallest absolute Gasteiger partial charge is 0.192 e. The third-order valence-corrected chi connectivity index (χ3v) is 4.14. The first-order valence-electron chi connectivity index (χ1n) is 4.67. The van der Waals surface area contributed by atoms with Crippen LogP contribution in [0.5, 0.6) is 0 Å². The highest BCUT2D eigenvalue weighted by molar-refractivity contribution is 14.1. The van der Waals surface area contributed by atoms with E-state index >= 15 is 0 Å². The summed E-state index contributed by atoms with van der Waals surface area (Å²) in [5.41, 5.74) is 7.45. The molecule has 2 aromatic rings. The molecule has 1 aromatic heterocycles. The summed E-state index contributed by atoms with van der Waals surface area (Å²) < 4.78 is 1.12. The van der Waals surface area contributed by atoms with E-state index in [1.54, 1.807) is 18.0 Å². The summed E-state index contributed by atoms with van der Waals surface area (Å²) in [6, 6.07) is 7.71. The first-order valence-corrected chi connectivity index (χ1v) is 6.57. The van der Waals surface area contributed by atoms with Crippen LogP contribution in [0.1, 0.15) is 5.69 Å². The molecule has 82 valence electrons. The minimum Gasteiger partial charge on any atom is -0.399 e. The van der Waals surface area contributed by atoms with Gasteiger partial charge in [0, 0.05) is 26.0 Å². The summed E-state index contributed by atoms with van der Waals surface area (Å²) in [4.78, 5) is 9.69. The Morgan fingerprint density at radius 3 is 2.81 bits per heavy atom. The van der Waals surface area contributed by atoms with Crippen LogP contribution in [-0.4, -0.2) is 9.97 Å². The molecule has 2 rings (SSSR count). The maximum atomic E-state index is 5.70. The summed E-state index contributed by atoms with van der Waals surface area (Å²) >= 11 is 3.82. The number of anilines is 1. The van der Waals surface area contributed by atoms with Gasteiger partial charge in [0.1, 0.15) is 0 Å². The van der Waals surface area contributed by atoms with Crippen molar-refractivity contribution in [1.82, 2.24) is 9.97 Å². The molecule has 0 saturated heterocycles. The van der Waals surface area contributed by atoms with Crippen molar-refractivity contribution in [3.8, 4) is 0 Å². The summed E-state index contributed by atoms with van der Waals surface area (Å²) in [6.45, 7) is 1.96. The zero-order valence-electron chi connectivity index (χ0n) is 8.64. The van der Waals surface area contributed by atoms with Crippen LogP contribution in [-0.2, 0) is 0 Å². The highest BCUT2D eigenvalue weighted by Gasteiger charge is 2.04. The summed E-state index contributed by atoms with van der Waals surface area (Å²) in [5, 5.41) is 0.766. The number of halogens is 1. The molecule has 0 aliphatic heterocycles. The van der Waals surface area contributed by atoms with E-state index in [0.29, 0.717) is 0 Å². The molecule has 1 aromatic carbocycles. The average Bonchev–Trinajstić information content (AvgIpc) is 2.22. The average molecular weight is 343 g/mol. The second-order valence-electron chi connectivity index (χ2n) is 3.27. The first-order chi connectivity index (χ1) is 7.65. The van der Waals surface area contributed by atoms with Crippen molar-refractivity contribution in [3.63, 3.8) is 0 Å². The van der Waals surface area contributed by atoms with Gasteiger partial charge in [-0.15, -0.1) is 0 Å². The van der Waals surface area contributed by atoms with Gasteiger partial charge in [0.25, 0.3) is 0 Å². The zero-order chi connectivity index (χ0) is 11.5. The lowest BCUT2D eigenvalue weighted by Crippen LogP contribution is -1.90. The molecule has 0 atom stereocenters. The zero-order valence-corrected chi connectivity index (χ0v) is 11.6. The molecule has 0 spiro atoms. The minimum absolute atomic E-state index is 0.766. The van der Waals surface area contributed by atoms with E-state index in [1.165, 1.54) is 0 Å². The first kappa shape index (κ1) is 11.7. The standard InChI is InChI=1S/C11H10IN3S/c1-7-4-5-14-11(15-7)16-10-3-2-8(13)6-9(10)12/h2-6H,13H2,1H3. The Kier molecular flexibility index (Phi) is 3.65. The van der Waals surface area contributed by atoms with E-state index in [-0.39, 0.29) is 0 Å². The Hall–Kier alpha value is -0.820. The Morgan fingerprint density at radius 1 is 1.31 bits per heavy atom. The highest BCUT2D eigenvalue weighted by Crippen LogP contribution is 2.30. The van der Waals surface area contributed by atoms with E-state index in [2.05, 4.69) is 32.6 Å². The van der Waals surface area contributed by atoms with Crippen molar-refractivity contribution in [2.45, 2.75) is 17.0 Å². The molecular formula is C11H10IN3S. The fourth-order valence-electron chi connectivity index (χ4n) is 1.17. The summed E-state index contributed by atoms with van der Waals surface area (Å²) in [5.74, 6) is 0. The third kappa shape index (κ3) is 2.85. The maximum Gasteiger partial charge on any atom is 0.192 e. The molecule has 0 fully saturated rings. The predicted octanol–water partition coefficient (Wildman–Crippen LogP) is 3.12. The topological polar surface area (TPSA) is 51.8 Å². The fourth-order valence-corrected chi connectivity index (χ4v) is 2.84. The number of rotatable bonds is 2. The van der Waals surface area contributed by atoms with Crippen molar-refractivity contribution in [2.24, 2.45) is 0 Å². The van der Waals surface area contributed by atoms with E-state index < -0.39 is 0 Å². The molecule has 0 aliphatic rings. The molecule has 3 nitrogen and oxygen atoms in total. The Labute approximate surface area is 112 Å². The summed E-state index contributed by atoms with van der Waals surface area (Å²) in [6.07, 6.45) is 1.77. The van der Waals surface area contributed by atoms with Gasteiger partial charge in [0.15, 0.2) is 5.16 Å². The number of benzene rings is 1. The van der Waals surface area contributed by atoms with Gasteiger partial charge in [0.2, 0.25) is 0 Å². The lowest BCUT2D eigenvalue weighted by molar-refractivity contribution is 0.932. The lowest BCUT2D eigenvalue weighted by atomic mass is 10.3. The second kappa shape index (κ2) is 5.01. The largest absolute Gasteiger partial charge is 0.399 e. The summed E-state index contributed by atoms with van der Waals surface area (Å²) in [7, 11) is 0. The molecule has 0 bridgehead atoms. The molecule has 0 saturated carbocycles. The van der Waals surface area contributed by atoms with Crippen LogP contribution >= 0.6 is 34.4 Å². The van der Waals surface area contributed by atoms with Crippen molar-refractivity contribution >= 4 is 40.0 Å². The van der Waals surface area contributed by atoms with E-state index in [9.17, 15) is 0 Å². The van der Waals surface area contributed by atoms with Crippen LogP contribution in [0.2, 0.25) is 0 Å². The Bertz CT molecular complexity index is 516. The van der Waals surface area contributed by atoms with Crippen molar-refractivity contribution < 1.29 is 0 Å². The third-order valence-electron chi connectivity index (χ3n) is 1.93. The predicted molar refractivity (Wildman–Crippen MR) is 74.5 cm³/mol. The Balaban J connectivity index is 2.27. The SMILES string of the molecule is Cc1ccnc(Sc2ccc(N)cc2I)n1.